The molecule has 0 amide bonds. The van der Waals surface area contributed by atoms with Crippen LogP contribution in [0.1, 0.15) is 11.4 Å². The van der Waals surface area contributed by atoms with Crippen LogP contribution in [0.2, 0.25) is 0 Å². The Hall–Kier alpha value is -2.82. The van der Waals surface area contributed by atoms with Gasteiger partial charge in [-0.2, -0.15) is 5.10 Å². The van der Waals surface area contributed by atoms with Gasteiger partial charge in [-0.05, 0) is 32.0 Å². The zero-order valence-corrected chi connectivity index (χ0v) is 12.8. The Morgan fingerprint density at radius 2 is 2.00 bits per heavy atom. The Morgan fingerprint density at radius 3 is 2.68 bits per heavy atom. The number of benzene rings is 1. The van der Waals surface area contributed by atoms with E-state index >= 15 is 0 Å². The molecular weight excluding hydrogens is 278 g/mol. The number of hydrogen-bond donors (Lipinski definition) is 1. The number of nitrogens with one attached hydrogen (secondary N) is 1. The predicted molar refractivity (Wildman–Crippen MR) is 85.6 cm³/mol. The van der Waals surface area contributed by atoms with Crippen LogP contribution >= 0.6 is 0 Å². The number of hydrogen-bond acceptors (Lipinski definition) is 3. The lowest BCUT2D eigenvalue weighted by Gasteiger charge is -2.10. The zero-order chi connectivity index (χ0) is 15.7. The van der Waals surface area contributed by atoms with Crippen LogP contribution in [0.5, 0.6) is 5.75 Å². The van der Waals surface area contributed by atoms with Gasteiger partial charge in [0.2, 0.25) is 0 Å². The van der Waals surface area contributed by atoms with Crippen molar-refractivity contribution in [1.29, 1.82) is 0 Å². The summed E-state index contributed by atoms with van der Waals surface area (Å²) in [5.41, 5.74) is 4.55. The van der Waals surface area contributed by atoms with Crippen LogP contribution in [0, 0.1) is 13.8 Å². The number of methoxy groups -OCH3 is 1. The smallest absolute Gasteiger partial charge is 0.255 e. The summed E-state index contributed by atoms with van der Waals surface area (Å²) in [7, 11) is 1.61. The fourth-order valence-corrected chi connectivity index (χ4v) is 2.57. The van der Waals surface area contributed by atoms with E-state index in [-0.39, 0.29) is 5.56 Å². The van der Waals surface area contributed by atoms with Crippen LogP contribution < -0.4 is 10.3 Å². The molecule has 22 heavy (non-hydrogen) atoms. The summed E-state index contributed by atoms with van der Waals surface area (Å²) >= 11 is 0. The highest BCUT2D eigenvalue weighted by atomic mass is 16.5. The number of aryl methyl sites for hydroxylation is 2. The lowest BCUT2D eigenvalue weighted by Crippen LogP contribution is -2.16. The molecule has 1 aromatic carbocycles. The Balaban J connectivity index is 2.17. The lowest BCUT2D eigenvalue weighted by molar-refractivity contribution is 0.414. The molecule has 5 nitrogen and oxygen atoms in total. The van der Waals surface area contributed by atoms with Gasteiger partial charge in [-0.3, -0.25) is 14.5 Å². The van der Waals surface area contributed by atoms with E-state index in [1.165, 1.54) is 0 Å². The highest BCUT2D eigenvalue weighted by Crippen LogP contribution is 2.25. The number of aromatic nitrogens is 3. The molecule has 3 aromatic rings. The maximum atomic E-state index is 12.2. The molecule has 5 heteroatoms. The molecule has 0 aliphatic rings. The van der Waals surface area contributed by atoms with Crippen LogP contribution in [-0.2, 0) is 0 Å². The number of aromatic amines is 1. The van der Waals surface area contributed by atoms with Crippen molar-refractivity contribution in [2.24, 2.45) is 0 Å². The molecule has 0 radical (unpaired) electrons. The van der Waals surface area contributed by atoms with Crippen molar-refractivity contribution < 1.29 is 4.74 Å². The summed E-state index contributed by atoms with van der Waals surface area (Å²) in [6.45, 7) is 3.91. The number of H-pyrrole nitrogens is 1. The monoisotopic (exact) mass is 295 g/mol. The Bertz CT molecular complexity index is 858. The van der Waals surface area contributed by atoms with Gasteiger partial charge in [-0.25, -0.2) is 0 Å². The molecule has 1 N–H and O–H groups in total. The zero-order valence-electron chi connectivity index (χ0n) is 12.8. The van der Waals surface area contributed by atoms with Gasteiger partial charge < -0.3 is 4.74 Å². The maximum absolute atomic E-state index is 12.2. The second kappa shape index (κ2) is 5.52. The SMILES string of the molecule is COc1cccc(-n2cc(-c3c(C)n[nH]c3C)ccc2=O)c1. The minimum Gasteiger partial charge on any atom is -0.497 e. The number of ether oxygens (including phenoxy) is 1. The van der Waals surface area contributed by atoms with Crippen molar-refractivity contribution in [3.8, 4) is 22.6 Å². The van der Waals surface area contributed by atoms with Gasteiger partial charge in [0.25, 0.3) is 5.56 Å². The first kappa shape index (κ1) is 14.1. The van der Waals surface area contributed by atoms with Gasteiger partial charge in [0, 0.05) is 35.2 Å². The molecule has 3 rings (SSSR count). The molecule has 0 aliphatic carbocycles. The summed E-state index contributed by atoms with van der Waals surface area (Å²) in [6, 6.07) is 10.8. The maximum Gasteiger partial charge on any atom is 0.255 e. The fraction of sp³-hybridized carbons (Fsp3) is 0.176. The van der Waals surface area contributed by atoms with Crippen LogP contribution in [0.3, 0.4) is 0 Å². The van der Waals surface area contributed by atoms with Gasteiger partial charge in [0.15, 0.2) is 0 Å². The Kier molecular flexibility index (Phi) is 3.55. The second-order valence-corrected chi connectivity index (χ2v) is 5.14. The molecule has 112 valence electrons. The highest BCUT2D eigenvalue weighted by Gasteiger charge is 2.11. The quantitative estimate of drug-likeness (QED) is 0.808. The third-order valence-electron chi connectivity index (χ3n) is 3.66. The molecule has 0 unspecified atom stereocenters. The Morgan fingerprint density at radius 1 is 1.18 bits per heavy atom. The van der Waals surface area contributed by atoms with E-state index in [2.05, 4.69) is 10.2 Å². The van der Waals surface area contributed by atoms with Crippen molar-refractivity contribution in [2.45, 2.75) is 13.8 Å². The third kappa shape index (κ3) is 2.41. The van der Waals surface area contributed by atoms with Crippen molar-refractivity contribution in [3.63, 3.8) is 0 Å². The van der Waals surface area contributed by atoms with E-state index in [4.69, 9.17) is 4.74 Å². The molecule has 0 spiro atoms. The van der Waals surface area contributed by atoms with Crippen molar-refractivity contribution in [2.75, 3.05) is 7.11 Å². The minimum absolute atomic E-state index is 0.0872. The largest absolute Gasteiger partial charge is 0.497 e. The number of nitrogens with zero attached hydrogens (tertiary/aromatic N) is 2. The number of rotatable bonds is 3. The van der Waals surface area contributed by atoms with E-state index in [0.717, 1.165) is 28.2 Å². The normalized spacial score (nSPS) is 10.7. The van der Waals surface area contributed by atoms with Crippen LogP contribution in [-0.4, -0.2) is 21.9 Å². The van der Waals surface area contributed by atoms with Crippen molar-refractivity contribution in [1.82, 2.24) is 14.8 Å². The highest BCUT2D eigenvalue weighted by molar-refractivity contribution is 5.67. The Labute approximate surface area is 128 Å². The average molecular weight is 295 g/mol. The fourth-order valence-electron chi connectivity index (χ4n) is 2.57. The average Bonchev–Trinajstić information content (AvgIpc) is 2.87. The summed E-state index contributed by atoms with van der Waals surface area (Å²) < 4.78 is 6.84. The standard InChI is InChI=1S/C17H17N3O2/c1-11-17(12(2)19-18-11)13-7-8-16(21)20(10-13)14-5-4-6-15(9-14)22-3/h4-10H,1-3H3,(H,18,19). The molecule has 2 heterocycles. The second-order valence-electron chi connectivity index (χ2n) is 5.14. The number of pyridine rings is 1. The predicted octanol–water partition coefficient (Wildman–Crippen LogP) is 2.85. The van der Waals surface area contributed by atoms with E-state index in [1.54, 1.807) is 17.7 Å². The van der Waals surface area contributed by atoms with E-state index in [1.807, 2.05) is 50.4 Å². The first-order valence-electron chi connectivity index (χ1n) is 6.99. The van der Waals surface area contributed by atoms with Gasteiger partial charge in [0.1, 0.15) is 5.75 Å². The van der Waals surface area contributed by atoms with Gasteiger partial charge in [0.05, 0.1) is 18.5 Å². The molecule has 0 atom stereocenters. The first-order valence-corrected chi connectivity index (χ1v) is 6.99. The van der Waals surface area contributed by atoms with Crippen LogP contribution in [0.4, 0.5) is 0 Å². The summed E-state index contributed by atoms with van der Waals surface area (Å²) in [5.74, 6) is 0.713. The molecule has 0 saturated heterocycles. The molecule has 2 aromatic heterocycles. The first-order chi connectivity index (χ1) is 10.6. The summed E-state index contributed by atoms with van der Waals surface area (Å²) in [6.07, 6.45) is 1.84. The molecule has 0 fully saturated rings. The van der Waals surface area contributed by atoms with Gasteiger partial charge in [-0.15, -0.1) is 0 Å². The van der Waals surface area contributed by atoms with E-state index < -0.39 is 0 Å². The summed E-state index contributed by atoms with van der Waals surface area (Å²) in [5, 5.41) is 7.18. The van der Waals surface area contributed by atoms with E-state index in [9.17, 15) is 4.79 Å². The summed E-state index contributed by atoms with van der Waals surface area (Å²) in [4.78, 5) is 12.2. The minimum atomic E-state index is -0.0872. The van der Waals surface area contributed by atoms with Crippen molar-refractivity contribution in [3.05, 3.63) is 64.3 Å². The van der Waals surface area contributed by atoms with Crippen molar-refractivity contribution >= 4 is 0 Å². The lowest BCUT2D eigenvalue weighted by atomic mass is 10.1. The van der Waals surface area contributed by atoms with E-state index in [0.29, 0.717) is 5.75 Å². The molecular formula is C17H17N3O2. The molecule has 0 saturated carbocycles. The molecule has 0 bridgehead atoms. The van der Waals surface area contributed by atoms with Crippen LogP contribution in [0.25, 0.3) is 16.8 Å². The topological polar surface area (TPSA) is 59.9 Å². The third-order valence-corrected chi connectivity index (χ3v) is 3.66. The van der Waals surface area contributed by atoms with Gasteiger partial charge >= 0.3 is 0 Å². The molecule has 0 aliphatic heterocycles. The van der Waals surface area contributed by atoms with Gasteiger partial charge in [-0.1, -0.05) is 6.07 Å². The van der Waals surface area contributed by atoms with Crippen LogP contribution in [0.15, 0.2) is 47.4 Å².